The lowest BCUT2D eigenvalue weighted by molar-refractivity contribution is 0.258. The number of benzene rings is 1. The largest absolute Gasteiger partial charge is 0.464 e. The fourth-order valence-electron chi connectivity index (χ4n) is 2.83. The summed E-state index contributed by atoms with van der Waals surface area (Å²) < 4.78 is 5.43. The van der Waals surface area contributed by atoms with E-state index in [1.807, 2.05) is 12.1 Å². The first-order chi connectivity index (χ1) is 9.86. The second-order valence-electron chi connectivity index (χ2n) is 5.35. The van der Waals surface area contributed by atoms with Crippen LogP contribution in [0.2, 0.25) is 0 Å². The molecule has 1 aliphatic rings. The highest BCUT2D eigenvalue weighted by Crippen LogP contribution is 2.24. The molecule has 3 rings (SSSR count). The molecule has 0 bridgehead atoms. The van der Waals surface area contributed by atoms with E-state index in [-0.39, 0.29) is 0 Å². The fourth-order valence-corrected chi connectivity index (χ4v) is 2.83. The summed E-state index contributed by atoms with van der Waals surface area (Å²) in [6.45, 7) is 8.08. The molecule has 3 heteroatoms. The van der Waals surface area contributed by atoms with Gasteiger partial charge >= 0.3 is 0 Å². The van der Waals surface area contributed by atoms with Crippen LogP contribution < -0.4 is 4.90 Å². The monoisotopic (exact) mass is 270 g/mol. The molecule has 0 aliphatic carbocycles. The van der Waals surface area contributed by atoms with Crippen LogP contribution in [0.25, 0.3) is 11.3 Å². The van der Waals surface area contributed by atoms with E-state index in [0.717, 1.165) is 24.4 Å². The van der Waals surface area contributed by atoms with Gasteiger partial charge in [-0.25, -0.2) is 0 Å². The molecule has 20 heavy (non-hydrogen) atoms. The van der Waals surface area contributed by atoms with Gasteiger partial charge in [0, 0.05) is 37.4 Å². The zero-order valence-electron chi connectivity index (χ0n) is 12.1. The summed E-state index contributed by atoms with van der Waals surface area (Å²) in [6.07, 6.45) is 2.97. The average molecular weight is 270 g/mol. The lowest BCUT2D eigenvalue weighted by Crippen LogP contribution is -2.46. The third-order valence-corrected chi connectivity index (χ3v) is 3.95. The Morgan fingerprint density at radius 3 is 2.35 bits per heavy atom. The third-order valence-electron chi connectivity index (χ3n) is 3.95. The second-order valence-corrected chi connectivity index (χ2v) is 5.35. The minimum Gasteiger partial charge on any atom is -0.464 e. The molecular weight excluding hydrogens is 248 g/mol. The normalized spacial score (nSPS) is 16.6. The lowest BCUT2D eigenvalue weighted by Gasteiger charge is -2.36. The van der Waals surface area contributed by atoms with Crippen molar-refractivity contribution >= 4 is 5.69 Å². The molecule has 0 radical (unpaired) electrons. The Morgan fingerprint density at radius 1 is 1.00 bits per heavy atom. The highest BCUT2D eigenvalue weighted by Gasteiger charge is 2.16. The molecule has 0 atom stereocenters. The zero-order chi connectivity index (χ0) is 13.8. The molecule has 0 N–H and O–H groups in total. The van der Waals surface area contributed by atoms with Crippen LogP contribution in [0.15, 0.2) is 47.1 Å². The van der Waals surface area contributed by atoms with E-state index in [2.05, 4.69) is 41.0 Å². The van der Waals surface area contributed by atoms with E-state index in [9.17, 15) is 0 Å². The van der Waals surface area contributed by atoms with E-state index >= 15 is 0 Å². The van der Waals surface area contributed by atoms with Crippen molar-refractivity contribution in [2.75, 3.05) is 37.6 Å². The number of hydrogen-bond donors (Lipinski definition) is 0. The lowest BCUT2D eigenvalue weighted by atomic mass is 10.1. The Morgan fingerprint density at radius 2 is 1.75 bits per heavy atom. The van der Waals surface area contributed by atoms with Crippen LogP contribution in [0.5, 0.6) is 0 Å². The fraction of sp³-hybridized carbons (Fsp3) is 0.412. The second kappa shape index (κ2) is 6.14. The number of piperazine rings is 1. The molecular formula is C17H22N2O. The van der Waals surface area contributed by atoms with Crippen molar-refractivity contribution in [1.29, 1.82) is 0 Å². The quantitative estimate of drug-likeness (QED) is 0.848. The van der Waals surface area contributed by atoms with Crippen molar-refractivity contribution in [2.45, 2.75) is 13.3 Å². The van der Waals surface area contributed by atoms with Crippen LogP contribution in [-0.4, -0.2) is 37.6 Å². The van der Waals surface area contributed by atoms with Crippen LogP contribution in [0.4, 0.5) is 5.69 Å². The van der Waals surface area contributed by atoms with Crippen molar-refractivity contribution in [1.82, 2.24) is 4.90 Å². The molecule has 0 saturated carbocycles. The smallest absolute Gasteiger partial charge is 0.133 e. The summed E-state index contributed by atoms with van der Waals surface area (Å²) in [6, 6.07) is 12.6. The summed E-state index contributed by atoms with van der Waals surface area (Å²) in [4.78, 5) is 5.02. The highest BCUT2D eigenvalue weighted by atomic mass is 16.3. The summed E-state index contributed by atoms with van der Waals surface area (Å²) in [5, 5.41) is 0. The van der Waals surface area contributed by atoms with Crippen LogP contribution in [0.3, 0.4) is 0 Å². The van der Waals surface area contributed by atoms with Gasteiger partial charge in [0.1, 0.15) is 5.76 Å². The van der Waals surface area contributed by atoms with Gasteiger partial charge in [0.25, 0.3) is 0 Å². The first kappa shape index (κ1) is 13.3. The Bertz CT molecular complexity index is 510. The van der Waals surface area contributed by atoms with E-state index in [1.54, 1.807) is 6.26 Å². The average Bonchev–Trinajstić information content (AvgIpc) is 3.03. The van der Waals surface area contributed by atoms with E-state index in [0.29, 0.717) is 0 Å². The van der Waals surface area contributed by atoms with Gasteiger partial charge < -0.3 is 9.32 Å². The van der Waals surface area contributed by atoms with Crippen molar-refractivity contribution in [2.24, 2.45) is 0 Å². The Labute approximate surface area is 120 Å². The van der Waals surface area contributed by atoms with Gasteiger partial charge in [-0.15, -0.1) is 0 Å². The SMILES string of the molecule is CCCN1CCN(c2ccc(-c3ccco3)cc2)CC1. The Balaban J connectivity index is 1.64. The molecule has 2 aromatic rings. The van der Waals surface area contributed by atoms with Crippen LogP contribution in [0.1, 0.15) is 13.3 Å². The van der Waals surface area contributed by atoms with E-state index in [1.165, 1.54) is 31.7 Å². The zero-order valence-corrected chi connectivity index (χ0v) is 12.1. The van der Waals surface area contributed by atoms with Gasteiger partial charge in [-0.05, 0) is 49.4 Å². The maximum atomic E-state index is 5.43. The molecule has 2 heterocycles. The van der Waals surface area contributed by atoms with E-state index in [4.69, 9.17) is 4.42 Å². The van der Waals surface area contributed by atoms with Crippen LogP contribution >= 0.6 is 0 Å². The number of hydrogen-bond acceptors (Lipinski definition) is 3. The molecule has 1 aliphatic heterocycles. The highest BCUT2D eigenvalue weighted by molar-refractivity contribution is 5.61. The standard InChI is InChI=1S/C17H22N2O/c1-2-9-18-10-12-19(13-11-18)16-7-5-15(6-8-16)17-4-3-14-20-17/h3-8,14H,2,9-13H2,1H3. The first-order valence-corrected chi connectivity index (χ1v) is 7.48. The Kier molecular flexibility index (Phi) is 4.07. The van der Waals surface area contributed by atoms with Gasteiger partial charge in [0.05, 0.1) is 6.26 Å². The number of nitrogens with zero attached hydrogens (tertiary/aromatic N) is 2. The van der Waals surface area contributed by atoms with Crippen LogP contribution in [-0.2, 0) is 0 Å². The molecule has 0 spiro atoms. The first-order valence-electron chi connectivity index (χ1n) is 7.48. The predicted octanol–water partition coefficient (Wildman–Crippen LogP) is 3.48. The van der Waals surface area contributed by atoms with Gasteiger partial charge in [0.15, 0.2) is 0 Å². The molecule has 1 fully saturated rings. The maximum absolute atomic E-state index is 5.43. The molecule has 1 saturated heterocycles. The van der Waals surface area contributed by atoms with E-state index < -0.39 is 0 Å². The summed E-state index contributed by atoms with van der Waals surface area (Å²) >= 11 is 0. The predicted molar refractivity (Wildman–Crippen MR) is 83.1 cm³/mol. The van der Waals surface area contributed by atoms with Crippen molar-refractivity contribution < 1.29 is 4.42 Å². The van der Waals surface area contributed by atoms with Gasteiger partial charge in [-0.2, -0.15) is 0 Å². The topological polar surface area (TPSA) is 19.6 Å². The Hall–Kier alpha value is -1.74. The minimum absolute atomic E-state index is 0.935. The molecule has 106 valence electrons. The number of anilines is 1. The number of furan rings is 1. The number of rotatable bonds is 4. The summed E-state index contributed by atoms with van der Waals surface area (Å²) in [5.41, 5.74) is 2.46. The molecule has 0 amide bonds. The third kappa shape index (κ3) is 2.88. The molecule has 3 nitrogen and oxygen atoms in total. The summed E-state index contributed by atoms with van der Waals surface area (Å²) in [5.74, 6) is 0.935. The van der Waals surface area contributed by atoms with Gasteiger partial charge in [0.2, 0.25) is 0 Å². The van der Waals surface area contributed by atoms with Gasteiger partial charge in [-0.3, -0.25) is 4.90 Å². The van der Waals surface area contributed by atoms with Gasteiger partial charge in [-0.1, -0.05) is 6.92 Å². The molecule has 0 unspecified atom stereocenters. The molecule has 1 aromatic carbocycles. The van der Waals surface area contributed by atoms with Crippen LogP contribution in [0, 0.1) is 0 Å². The van der Waals surface area contributed by atoms with Crippen molar-refractivity contribution in [3.05, 3.63) is 42.7 Å². The van der Waals surface area contributed by atoms with Crippen molar-refractivity contribution in [3.63, 3.8) is 0 Å². The maximum Gasteiger partial charge on any atom is 0.133 e. The minimum atomic E-state index is 0.935. The summed E-state index contributed by atoms with van der Waals surface area (Å²) in [7, 11) is 0. The molecule has 1 aromatic heterocycles. The van der Waals surface area contributed by atoms with Crippen molar-refractivity contribution in [3.8, 4) is 11.3 Å².